The van der Waals surface area contributed by atoms with Gasteiger partial charge in [-0.1, -0.05) is 34.1 Å². The van der Waals surface area contributed by atoms with E-state index in [2.05, 4.69) is 18.9 Å². The van der Waals surface area contributed by atoms with E-state index >= 15 is 0 Å². The Bertz CT molecular complexity index is 322. The van der Waals surface area contributed by atoms with Gasteiger partial charge in [0.25, 0.3) is 0 Å². The molecule has 1 unspecified atom stereocenters. The van der Waals surface area contributed by atoms with E-state index in [9.17, 15) is 9.59 Å². The normalized spacial score (nSPS) is 12.9. The average Bonchev–Trinajstić information content (AvgIpc) is 2.27. The summed E-state index contributed by atoms with van der Waals surface area (Å²) in [6.07, 6.45) is -0.0187. The van der Waals surface area contributed by atoms with Gasteiger partial charge in [0.1, 0.15) is 0 Å². The number of carbonyl (C=O) groups is 2. The maximum atomic E-state index is 11.0. The third-order valence-electron chi connectivity index (χ3n) is 1.85. The van der Waals surface area contributed by atoms with Crippen molar-refractivity contribution in [1.29, 1.82) is 5.16 Å². The van der Waals surface area contributed by atoms with Crippen LogP contribution >= 0.6 is 7.36 Å². The SMILES string of the molecule is CC(C)P(=N)(N)NCCC(=O)NNC(=O)O.CCC. The van der Waals surface area contributed by atoms with E-state index in [4.69, 9.17) is 15.8 Å². The second kappa shape index (κ2) is 10.8. The van der Waals surface area contributed by atoms with Crippen LogP contribution in [0.4, 0.5) is 4.79 Å². The Morgan fingerprint density at radius 3 is 2.16 bits per heavy atom. The number of rotatable bonds is 5. The summed E-state index contributed by atoms with van der Waals surface area (Å²) in [4.78, 5) is 21.1. The summed E-state index contributed by atoms with van der Waals surface area (Å²) < 4.78 is 0. The lowest BCUT2D eigenvalue weighted by Crippen LogP contribution is -2.41. The molecule has 114 valence electrons. The summed E-state index contributed by atoms with van der Waals surface area (Å²) >= 11 is 0. The van der Waals surface area contributed by atoms with E-state index in [0.29, 0.717) is 0 Å². The molecule has 0 heterocycles. The third kappa shape index (κ3) is 13.1. The lowest BCUT2D eigenvalue weighted by Gasteiger charge is -2.22. The van der Waals surface area contributed by atoms with Crippen molar-refractivity contribution < 1.29 is 14.7 Å². The Kier molecular flexibility index (Phi) is 11.5. The molecule has 0 aliphatic carbocycles. The number of hydrogen-bond acceptors (Lipinski definition) is 3. The largest absolute Gasteiger partial charge is 0.464 e. The summed E-state index contributed by atoms with van der Waals surface area (Å²) in [6.45, 7) is 8.17. The monoisotopic (exact) mass is 295 g/mol. The first kappa shape index (κ1) is 20.2. The molecule has 8 nitrogen and oxygen atoms in total. The summed E-state index contributed by atoms with van der Waals surface area (Å²) in [5.41, 5.74) is 9.42. The summed E-state index contributed by atoms with van der Waals surface area (Å²) in [5.74, 6) is -0.473. The van der Waals surface area contributed by atoms with Crippen molar-refractivity contribution in [2.24, 2.45) is 5.50 Å². The zero-order chi connectivity index (χ0) is 15.5. The van der Waals surface area contributed by atoms with E-state index in [1.54, 1.807) is 5.43 Å². The van der Waals surface area contributed by atoms with Gasteiger partial charge >= 0.3 is 6.09 Å². The number of hydrogen-bond donors (Lipinski definition) is 6. The molecule has 0 fully saturated rings. The van der Waals surface area contributed by atoms with Gasteiger partial charge in [-0.05, 0) is 0 Å². The smallest absolute Gasteiger partial charge is 0.423 e. The molecular weight excluding hydrogens is 269 g/mol. The van der Waals surface area contributed by atoms with E-state index < -0.39 is 19.4 Å². The average molecular weight is 295 g/mol. The number of amides is 2. The van der Waals surface area contributed by atoms with Crippen LogP contribution in [0.25, 0.3) is 0 Å². The first-order chi connectivity index (χ1) is 8.67. The molecule has 0 aromatic rings. The first-order valence-electron chi connectivity index (χ1n) is 6.12. The highest BCUT2D eigenvalue weighted by atomic mass is 31.2. The minimum Gasteiger partial charge on any atom is -0.464 e. The van der Waals surface area contributed by atoms with Crippen LogP contribution in [-0.2, 0) is 4.79 Å². The van der Waals surface area contributed by atoms with Crippen LogP contribution in [-0.4, -0.2) is 29.3 Å². The molecule has 0 bridgehead atoms. The topological polar surface area (TPSA) is 140 Å². The van der Waals surface area contributed by atoms with Gasteiger partial charge in [0.15, 0.2) is 0 Å². The minimum absolute atomic E-state index is 0.00714. The Hall–Kier alpha value is -1.11. The number of hydrazine groups is 1. The second-order valence-corrected chi connectivity index (χ2v) is 7.12. The molecule has 0 aliphatic heterocycles. The standard InChI is InChI=1S/C7H18N5O3P.C3H8/c1-5(2)16(8,9)10-4-3-6(13)11-12-7(14)15;1-3-2/h5,12H,3-4H2,1-2H3,(H,11,13)(H,14,15)(H4,8,9,10);3H2,1-2H3. The van der Waals surface area contributed by atoms with Crippen molar-refractivity contribution in [2.45, 2.75) is 46.2 Å². The number of nitrogens with one attached hydrogen (secondary N) is 4. The van der Waals surface area contributed by atoms with Gasteiger partial charge in [0.2, 0.25) is 5.91 Å². The van der Waals surface area contributed by atoms with Crippen LogP contribution in [0.2, 0.25) is 0 Å². The third-order valence-corrected chi connectivity index (χ3v) is 4.22. The van der Waals surface area contributed by atoms with E-state index in [1.165, 1.54) is 6.42 Å². The van der Waals surface area contributed by atoms with Crippen molar-refractivity contribution in [3.63, 3.8) is 0 Å². The summed E-state index contributed by atoms with van der Waals surface area (Å²) in [7, 11) is -2.43. The molecule has 7 N–H and O–H groups in total. The van der Waals surface area contributed by atoms with Crippen LogP contribution in [0.15, 0.2) is 0 Å². The summed E-state index contributed by atoms with van der Waals surface area (Å²) in [5, 5.41) is 18.7. The molecule has 0 saturated carbocycles. The lowest BCUT2D eigenvalue weighted by atomic mass is 10.4. The number of carbonyl (C=O) groups excluding carboxylic acids is 1. The number of carboxylic acid groups (broad SMARTS) is 1. The lowest BCUT2D eigenvalue weighted by molar-refractivity contribution is -0.121. The van der Waals surface area contributed by atoms with Gasteiger partial charge in [0, 0.05) is 18.6 Å². The van der Waals surface area contributed by atoms with Crippen molar-refractivity contribution in [2.75, 3.05) is 6.54 Å². The van der Waals surface area contributed by atoms with Crippen LogP contribution in [0.1, 0.15) is 40.5 Å². The Balaban J connectivity index is 0. The highest BCUT2D eigenvalue weighted by molar-refractivity contribution is 7.61. The predicted molar refractivity (Wildman–Crippen MR) is 76.9 cm³/mol. The zero-order valence-corrected chi connectivity index (χ0v) is 12.9. The Morgan fingerprint density at radius 2 is 1.79 bits per heavy atom. The Labute approximate surface area is 114 Å². The molecule has 19 heavy (non-hydrogen) atoms. The van der Waals surface area contributed by atoms with Gasteiger partial charge in [0.05, 0.1) is 7.36 Å². The number of nitrogens with two attached hydrogens (primary N) is 1. The Morgan fingerprint density at radius 1 is 1.32 bits per heavy atom. The van der Waals surface area contributed by atoms with E-state index in [-0.39, 0.29) is 18.6 Å². The quantitative estimate of drug-likeness (QED) is 0.338. The van der Waals surface area contributed by atoms with E-state index in [1.807, 2.05) is 19.3 Å². The highest BCUT2D eigenvalue weighted by Gasteiger charge is 2.15. The molecule has 0 aromatic heterocycles. The molecule has 0 aliphatic rings. The van der Waals surface area contributed by atoms with Crippen molar-refractivity contribution in [3.05, 3.63) is 0 Å². The fourth-order valence-corrected chi connectivity index (χ4v) is 1.57. The van der Waals surface area contributed by atoms with Gasteiger partial charge in [-0.25, -0.2) is 10.2 Å². The molecular formula is C10H26N5O3P. The second-order valence-electron chi connectivity index (χ2n) is 4.21. The summed E-state index contributed by atoms with van der Waals surface area (Å²) in [6, 6.07) is 0. The molecule has 0 rings (SSSR count). The molecule has 0 spiro atoms. The van der Waals surface area contributed by atoms with E-state index in [0.717, 1.165) is 0 Å². The zero-order valence-electron chi connectivity index (χ0n) is 12.0. The first-order valence-corrected chi connectivity index (χ1v) is 8.05. The van der Waals surface area contributed by atoms with Crippen molar-refractivity contribution in [3.8, 4) is 0 Å². The van der Waals surface area contributed by atoms with Gasteiger partial charge < -0.3 is 5.11 Å². The minimum atomic E-state index is -2.43. The molecule has 0 saturated heterocycles. The van der Waals surface area contributed by atoms with Gasteiger partial charge in [-0.2, -0.15) is 0 Å². The fourth-order valence-electron chi connectivity index (χ4n) is 0.723. The van der Waals surface area contributed by atoms with Gasteiger partial charge in [-0.3, -0.25) is 26.0 Å². The highest BCUT2D eigenvalue weighted by Crippen LogP contribution is 2.37. The maximum absolute atomic E-state index is 11.0. The van der Waals surface area contributed by atoms with Crippen molar-refractivity contribution >= 4 is 19.4 Å². The molecule has 0 radical (unpaired) electrons. The molecule has 2 amide bonds. The van der Waals surface area contributed by atoms with Crippen molar-refractivity contribution in [1.82, 2.24) is 15.9 Å². The van der Waals surface area contributed by atoms with Crippen LogP contribution < -0.4 is 21.4 Å². The van der Waals surface area contributed by atoms with Crippen LogP contribution in [0.5, 0.6) is 0 Å². The maximum Gasteiger partial charge on any atom is 0.423 e. The fraction of sp³-hybridized carbons (Fsp3) is 0.800. The molecule has 9 heteroatoms. The van der Waals surface area contributed by atoms with Crippen LogP contribution in [0.3, 0.4) is 0 Å². The van der Waals surface area contributed by atoms with Crippen LogP contribution in [0, 0.1) is 5.16 Å². The molecule has 0 aromatic carbocycles. The molecule has 1 atom stereocenters. The predicted octanol–water partition coefficient (Wildman–Crippen LogP) is 1.66. The van der Waals surface area contributed by atoms with Gasteiger partial charge in [-0.15, -0.1) is 0 Å².